The molecule has 3 rings (SSSR count). The standard InChI is InChI=1S/C24H21BrN2O2S/c1-15-8-5-6-11-19(15)27-22(29)20(13-16-9-7-10-17(25)12-16)30-23(27)18(14-26)21(28)24(2,3)4/h5-13H,1-4H3/b20-13-,23-18-. The number of nitrogens with zero attached hydrogens (tertiary/aromatic N) is 2. The Hall–Kier alpha value is -2.75. The van der Waals surface area contributed by atoms with Gasteiger partial charge in [-0.3, -0.25) is 14.2 Å². The molecule has 0 radical (unpaired) electrons. The Morgan fingerprint density at radius 3 is 2.47 bits per heavy atom. The van der Waals surface area contributed by atoms with Crippen molar-refractivity contribution in [3.63, 3.8) is 0 Å². The van der Waals surface area contributed by atoms with Crippen LogP contribution in [-0.4, -0.2) is 10.4 Å². The van der Waals surface area contributed by atoms with Crippen molar-refractivity contribution in [2.45, 2.75) is 27.7 Å². The first-order chi connectivity index (χ1) is 14.1. The van der Waals surface area contributed by atoms with Gasteiger partial charge in [0.15, 0.2) is 5.78 Å². The number of benzene rings is 2. The van der Waals surface area contributed by atoms with E-state index >= 15 is 0 Å². The molecule has 0 saturated carbocycles. The summed E-state index contributed by atoms with van der Waals surface area (Å²) >= 11 is 4.61. The van der Waals surface area contributed by atoms with Gasteiger partial charge in [-0.05, 0) is 42.3 Å². The third-order valence-electron chi connectivity index (χ3n) is 4.56. The van der Waals surface area contributed by atoms with Crippen molar-refractivity contribution < 1.29 is 4.79 Å². The van der Waals surface area contributed by atoms with E-state index in [9.17, 15) is 14.9 Å². The number of rotatable bonds is 3. The molecule has 0 N–H and O–H groups in total. The van der Waals surface area contributed by atoms with Gasteiger partial charge in [-0.2, -0.15) is 5.26 Å². The highest BCUT2D eigenvalue weighted by molar-refractivity contribution is 9.10. The minimum Gasteiger partial charge on any atom is -0.293 e. The third-order valence-corrected chi connectivity index (χ3v) is 6.15. The van der Waals surface area contributed by atoms with Crippen LogP contribution in [0.3, 0.4) is 0 Å². The van der Waals surface area contributed by atoms with Crippen molar-refractivity contribution >= 4 is 44.7 Å². The molecule has 0 bridgehead atoms. The van der Waals surface area contributed by atoms with E-state index in [2.05, 4.69) is 22.0 Å². The molecule has 30 heavy (non-hydrogen) atoms. The average Bonchev–Trinajstić information content (AvgIpc) is 2.98. The molecule has 0 fully saturated rings. The lowest BCUT2D eigenvalue weighted by atomic mass is 9.87. The molecule has 152 valence electrons. The van der Waals surface area contributed by atoms with E-state index in [0.29, 0.717) is 14.9 Å². The fourth-order valence-electron chi connectivity index (χ4n) is 3.00. The highest BCUT2D eigenvalue weighted by atomic mass is 79.9. The maximum absolute atomic E-state index is 13.4. The molecule has 0 aliphatic heterocycles. The summed E-state index contributed by atoms with van der Waals surface area (Å²) in [5.41, 5.74) is 1.41. The summed E-state index contributed by atoms with van der Waals surface area (Å²) in [5, 5.41) is 9.85. The van der Waals surface area contributed by atoms with Crippen LogP contribution in [0.4, 0.5) is 0 Å². The first kappa shape index (κ1) is 21.9. The molecule has 2 aromatic carbocycles. The Morgan fingerprint density at radius 1 is 1.17 bits per heavy atom. The van der Waals surface area contributed by atoms with Crippen LogP contribution in [-0.2, 0) is 4.79 Å². The summed E-state index contributed by atoms with van der Waals surface area (Å²) in [5.74, 6) is -0.289. The Bertz CT molecular complexity index is 1350. The molecule has 0 atom stereocenters. The second kappa shape index (κ2) is 8.55. The average molecular weight is 481 g/mol. The number of hydrogen-bond acceptors (Lipinski definition) is 4. The third kappa shape index (κ3) is 4.38. The lowest BCUT2D eigenvalue weighted by Crippen LogP contribution is -2.33. The zero-order chi connectivity index (χ0) is 22.1. The van der Waals surface area contributed by atoms with Crippen LogP contribution in [0, 0.1) is 23.7 Å². The zero-order valence-corrected chi connectivity index (χ0v) is 19.6. The van der Waals surface area contributed by atoms with Gasteiger partial charge in [-0.15, -0.1) is 11.3 Å². The molecule has 0 amide bonds. The maximum atomic E-state index is 13.4. The van der Waals surface area contributed by atoms with Crippen molar-refractivity contribution in [2.75, 3.05) is 0 Å². The maximum Gasteiger partial charge on any atom is 0.273 e. The van der Waals surface area contributed by atoms with E-state index in [-0.39, 0.29) is 16.9 Å². The molecule has 4 nitrogen and oxygen atoms in total. The molecule has 0 aliphatic carbocycles. The number of ketones is 1. The van der Waals surface area contributed by atoms with Gasteiger partial charge in [-0.1, -0.05) is 67.0 Å². The lowest BCUT2D eigenvalue weighted by Gasteiger charge is -2.15. The van der Waals surface area contributed by atoms with Crippen molar-refractivity contribution in [1.29, 1.82) is 5.26 Å². The fourth-order valence-corrected chi connectivity index (χ4v) is 4.51. The Morgan fingerprint density at radius 2 is 1.87 bits per heavy atom. The summed E-state index contributed by atoms with van der Waals surface area (Å²) in [6.45, 7) is 7.21. The molecule has 6 heteroatoms. The largest absolute Gasteiger partial charge is 0.293 e. The smallest absolute Gasteiger partial charge is 0.273 e. The number of hydrogen-bond donors (Lipinski definition) is 0. The van der Waals surface area contributed by atoms with Crippen LogP contribution >= 0.6 is 27.3 Å². The Labute approximate surface area is 187 Å². The normalized spacial score (nSPS) is 13.1. The van der Waals surface area contributed by atoms with Crippen molar-refractivity contribution in [2.24, 2.45) is 5.41 Å². The number of halogens is 1. The summed E-state index contributed by atoms with van der Waals surface area (Å²) < 4.78 is 3.21. The molecular formula is C24H21BrN2O2S. The molecule has 1 heterocycles. The quantitative estimate of drug-likeness (QED) is 0.566. The van der Waals surface area contributed by atoms with Crippen molar-refractivity contribution in [1.82, 2.24) is 4.57 Å². The zero-order valence-electron chi connectivity index (χ0n) is 17.2. The van der Waals surface area contributed by atoms with Crippen LogP contribution in [0.2, 0.25) is 0 Å². The number of carbonyl (C=O) groups excluding carboxylic acids is 1. The Kier molecular flexibility index (Phi) is 6.25. The Balaban J connectivity index is 2.47. The summed E-state index contributed by atoms with van der Waals surface area (Å²) in [6.07, 6.45) is 1.78. The highest BCUT2D eigenvalue weighted by Gasteiger charge is 2.27. The van der Waals surface area contributed by atoms with Gasteiger partial charge < -0.3 is 0 Å². The van der Waals surface area contributed by atoms with Crippen LogP contribution < -0.4 is 14.8 Å². The second-order valence-corrected chi connectivity index (χ2v) is 9.91. The monoisotopic (exact) mass is 480 g/mol. The lowest BCUT2D eigenvalue weighted by molar-refractivity contribution is -0.120. The highest BCUT2D eigenvalue weighted by Crippen LogP contribution is 2.20. The summed E-state index contributed by atoms with van der Waals surface area (Å²) in [6, 6.07) is 17.1. The number of aromatic nitrogens is 1. The van der Waals surface area contributed by atoms with Gasteiger partial charge in [0.2, 0.25) is 0 Å². The number of carbonyl (C=O) groups is 1. The minimum atomic E-state index is -0.740. The number of para-hydroxylation sites is 1. The van der Waals surface area contributed by atoms with Gasteiger partial charge in [0.25, 0.3) is 5.56 Å². The minimum absolute atomic E-state index is 0.00162. The molecule has 0 spiro atoms. The van der Waals surface area contributed by atoms with Gasteiger partial charge in [0.1, 0.15) is 16.3 Å². The van der Waals surface area contributed by atoms with Crippen LogP contribution in [0.1, 0.15) is 31.9 Å². The molecular weight excluding hydrogens is 460 g/mol. The van der Waals surface area contributed by atoms with E-state index in [0.717, 1.165) is 15.6 Å². The van der Waals surface area contributed by atoms with Gasteiger partial charge >= 0.3 is 0 Å². The fraction of sp³-hybridized carbons (Fsp3) is 0.208. The van der Waals surface area contributed by atoms with E-state index in [1.54, 1.807) is 26.8 Å². The molecule has 1 aromatic heterocycles. The second-order valence-electron chi connectivity index (χ2n) is 7.96. The molecule has 3 aromatic rings. The van der Waals surface area contributed by atoms with Gasteiger partial charge in [-0.25, -0.2) is 0 Å². The number of aryl methyl sites for hydroxylation is 1. The first-order valence-corrected chi connectivity index (χ1v) is 11.0. The van der Waals surface area contributed by atoms with Crippen molar-refractivity contribution in [3.05, 3.63) is 83.7 Å². The van der Waals surface area contributed by atoms with E-state index < -0.39 is 5.41 Å². The SMILES string of the molecule is Cc1ccccc1-n1c(=O)/c(=C/c2cccc(Br)c2)s/c1=C(/C#N)C(=O)C(C)(C)C. The van der Waals surface area contributed by atoms with Crippen molar-refractivity contribution in [3.8, 4) is 11.8 Å². The topological polar surface area (TPSA) is 62.9 Å². The summed E-state index contributed by atoms with van der Waals surface area (Å²) in [4.78, 5) is 26.4. The van der Waals surface area contributed by atoms with Crippen LogP contribution in [0.25, 0.3) is 17.3 Å². The summed E-state index contributed by atoms with van der Waals surface area (Å²) in [7, 11) is 0. The molecule has 0 aliphatic rings. The van der Waals surface area contributed by atoms with Gasteiger partial charge in [0.05, 0.1) is 10.2 Å². The number of Topliss-reactive ketones (excluding diaryl/α,β-unsaturated/α-hetero) is 1. The van der Waals surface area contributed by atoms with Gasteiger partial charge in [0, 0.05) is 9.89 Å². The number of nitriles is 1. The molecule has 0 unspecified atom stereocenters. The predicted octanol–water partition coefficient (Wildman–Crippen LogP) is 4.09. The van der Waals surface area contributed by atoms with E-state index in [1.165, 1.54) is 15.9 Å². The molecule has 0 saturated heterocycles. The van der Waals surface area contributed by atoms with E-state index in [4.69, 9.17) is 0 Å². The van der Waals surface area contributed by atoms with Crippen LogP contribution in [0.5, 0.6) is 0 Å². The first-order valence-electron chi connectivity index (χ1n) is 9.38. The van der Waals surface area contributed by atoms with Crippen LogP contribution in [0.15, 0.2) is 57.8 Å². The predicted molar refractivity (Wildman–Crippen MR) is 125 cm³/mol. The van der Waals surface area contributed by atoms with E-state index in [1.807, 2.05) is 55.5 Å². The number of thiazole rings is 1.